The van der Waals surface area contributed by atoms with E-state index < -0.39 is 5.97 Å². The first-order chi connectivity index (χ1) is 9.01. The second-order valence-electron chi connectivity index (χ2n) is 4.20. The topological polar surface area (TPSA) is 68.2 Å². The fraction of sp³-hybridized carbons (Fsp3) is 0.615. The Morgan fingerprint density at radius 3 is 2.68 bits per heavy atom. The summed E-state index contributed by atoms with van der Waals surface area (Å²) in [6, 6.07) is 0. The van der Waals surface area contributed by atoms with Crippen molar-refractivity contribution in [3.05, 3.63) is 12.2 Å². The van der Waals surface area contributed by atoms with E-state index in [0.29, 0.717) is 12.1 Å². The van der Waals surface area contributed by atoms with Crippen molar-refractivity contribution in [2.75, 3.05) is 40.5 Å². The van der Waals surface area contributed by atoms with E-state index >= 15 is 0 Å². The van der Waals surface area contributed by atoms with Crippen molar-refractivity contribution in [3.8, 4) is 0 Å². The summed E-state index contributed by atoms with van der Waals surface area (Å²) >= 11 is 0. The van der Waals surface area contributed by atoms with Gasteiger partial charge in [0.1, 0.15) is 12.9 Å². The van der Waals surface area contributed by atoms with Gasteiger partial charge in [-0.05, 0) is 6.92 Å². The number of nitrogens with zero attached hydrogens (tertiary/aromatic N) is 2. The highest BCUT2D eigenvalue weighted by Crippen LogP contribution is 1.97. The first kappa shape index (κ1) is 17.3. The van der Waals surface area contributed by atoms with Crippen molar-refractivity contribution < 1.29 is 19.1 Å². The van der Waals surface area contributed by atoms with Crippen molar-refractivity contribution in [2.45, 2.75) is 6.92 Å². The van der Waals surface area contributed by atoms with Gasteiger partial charge >= 0.3 is 5.97 Å². The molecule has 108 valence electrons. The normalized spacial score (nSPS) is 12.2. The molecule has 6 heteroatoms. The highest BCUT2D eigenvalue weighted by Gasteiger charge is 2.10. The number of aliphatic imine (C=N–C) groups is 1. The molecule has 6 nitrogen and oxygen atoms in total. The van der Waals surface area contributed by atoms with Gasteiger partial charge in [-0.3, -0.25) is 4.99 Å². The number of hydrogen-bond acceptors (Lipinski definition) is 5. The fourth-order valence-electron chi connectivity index (χ4n) is 1.30. The van der Waals surface area contributed by atoms with Crippen LogP contribution in [-0.2, 0) is 19.1 Å². The number of aldehydes is 1. The largest absolute Gasteiger partial charge is 0.460 e. The van der Waals surface area contributed by atoms with Gasteiger partial charge in [0.15, 0.2) is 0 Å². The standard InChI is InChI=1S/C13H22N2O4/c1-11(2)13(17)19-6-5-18-9-12(8-16)7-15(4)10-14-3/h8,10,12H,1,5-7,9H2,2-4H3/b14-10-. The average Bonchev–Trinajstić information content (AvgIpc) is 2.36. The highest BCUT2D eigenvalue weighted by molar-refractivity contribution is 5.86. The van der Waals surface area contributed by atoms with Crippen LogP contribution in [0.4, 0.5) is 0 Å². The molecule has 0 saturated carbocycles. The second-order valence-corrected chi connectivity index (χ2v) is 4.20. The van der Waals surface area contributed by atoms with Crippen molar-refractivity contribution >= 4 is 18.6 Å². The minimum absolute atomic E-state index is 0.156. The summed E-state index contributed by atoms with van der Waals surface area (Å²) in [6.07, 6.45) is 2.49. The molecule has 0 bridgehead atoms. The van der Waals surface area contributed by atoms with Crippen LogP contribution in [0.3, 0.4) is 0 Å². The van der Waals surface area contributed by atoms with Gasteiger partial charge in [0.2, 0.25) is 0 Å². The summed E-state index contributed by atoms with van der Waals surface area (Å²) in [4.78, 5) is 27.6. The first-order valence-corrected chi connectivity index (χ1v) is 5.99. The predicted octanol–water partition coefficient (Wildman–Crippen LogP) is 0.527. The fourth-order valence-corrected chi connectivity index (χ4v) is 1.30. The Bertz CT molecular complexity index is 329. The lowest BCUT2D eigenvalue weighted by Gasteiger charge is -2.17. The summed E-state index contributed by atoms with van der Waals surface area (Å²) in [6.45, 7) is 6.28. The Labute approximate surface area is 114 Å². The third kappa shape index (κ3) is 8.96. The Kier molecular flexibility index (Phi) is 9.34. The number of esters is 1. The molecular formula is C13H22N2O4. The van der Waals surface area contributed by atoms with Gasteiger partial charge in [0, 0.05) is 26.2 Å². The van der Waals surface area contributed by atoms with Crippen LogP contribution in [-0.4, -0.2) is 64.0 Å². The predicted molar refractivity (Wildman–Crippen MR) is 73.2 cm³/mol. The lowest BCUT2D eigenvalue weighted by atomic mass is 10.2. The minimum atomic E-state index is -0.436. The minimum Gasteiger partial charge on any atom is -0.460 e. The van der Waals surface area contributed by atoms with Crippen LogP contribution in [0.2, 0.25) is 0 Å². The molecule has 0 heterocycles. The van der Waals surface area contributed by atoms with Gasteiger partial charge < -0.3 is 19.2 Å². The average molecular weight is 270 g/mol. The van der Waals surface area contributed by atoms with Gasteiger partial charge in [0.05, 0.1) is 25.5 Å². The summed E-state index contributed by atoms with van der Waals surface area (Å²) in [5.74, 6) is -0.672. The highest BCUT2D eigenvalue weighted by atomic mass is 16.6. The number of carbonyl (C=O) groups excluding carboxylic acids is 2. The molecule has 0 rings (SSSR count). The number of hydrogen-bond donors (Lipinski definition) is 0. The Hall–Kier alpha value is -1.69. The van der Waals surface area contributed by atoms with E-state index in [4.69, 9.17) is 9.47 Å². The van der Waals surface area contributed by atoms with Gasteiger partial charge in [0.25, 0.3) is 0 Å². The van der Waals surface area contributed by atoms with Crippen LogP contribution >= 0.6 is 0 Å². The summed E-state index contributed by atoms with van der Waals surface area (Å²) in [5, 5.41) is 0. The van der Waals surface area contributed by atoms with Crippen LogP contribution in [0.15, 0.2) is 17.1 Å². The van der Waals surface area contributed by atoms with Gasteiger partial charge in [-0.25, -0.2) is 4.79 Å². The Morgan fingerprint density at radius 1 is 1.47 bits per heavy atom. The molecule has 0 aliphatic carbocycles. The van der Waals surface area contributed by atoms with Crippen LogP contribution in [0.1, 0.15) is 6.92 Å². The van der Waals surface area contributed by atoms with Crippen molar-refractivity contribution in [1.29, 1.82) is 0 Å². The van der Waals surface area contributed by atoms with E-state index in [1.165, 1.54) is 0 Å². The Morgan fingerprint density at radius 2 is 2.16 bits per heavy atom. The van der Waals surface area contributed by atoms with E-state index in [2.05, 4.69) is 11.6 Å². The van der Waals surface area contributed by atoms with Crippen LogP contribution < -0.4 is 0 Å². The maximum Gasteiger partial charge on any atom is 0.333 e. The molecule has 0 spiro atoms. The van der Waals surface area contributed by atoms with Crippen LogP contribution in [0.25, 0.3) is 0 Å². The van der Waals surface area contributed by atoms with Gasteiger partial charge in [-0.1, -0.05) is 6.58 Å². The molecule has 0 aromatic heterocycles. The molecule has 0 radical (unpaired) electrons. The molecule has 1 atom stereocenters. The Balaban J connectivity index is 3.75. The zero-order chi connectivity index (χ0) is 14.7. The molecule has 19 heavy (non-hydrogen) atoms. The molecule has 0 amide bonds. The van der Waals surface area contributed by atoms with Crippen molar-refractivity contribution in [3.63, 3.8) is 0 Å². The molecule has 0 aliphatic rings. The molecule has 1 unspecified atom stereocenters. The maximum atomic E-state index is 11.1. The van der Waals surface area contributed by atoms with E-state index in [0.717, 1.165) is 6.29 Å². The van der Waals surface area contributed by atoms with Gasteiger partial charge in [-0.2, -0.15) is 0 Å². The zero-order valence-electron chi connectivity index (χ0n) is 11.8. The SMILES string of the molecule is C=C(C)C(=O)OCCOCC(C=O)CN(C)/C=N\C. The third-order valence-electron chi connectivity index (χ3n) is 2.17. The summed E-state index contributed by atoms with van der Waals surface area (Å²) in [5.41, 5.74) is 0.353. The van der Waals surface area contributed by atoms with Gasteiger partial charge in [-0.15, -0.1) is 0 Å². The lowest BCUT2D eigenvalue weighted by molar-refractivity contribution is -0.140. The monoisotopic (exact) mass is 270 g/mol. The molecule has 0 aromatic rings. The maximum absolute atomic E-state index is 11.1. The van der Waals surface area contributed by atoms with Crippen LogP contribution in [0.5, 0.6) is 0 Å². The van der Waals surface area contributed by atoms with Crippen LogP contribution in [0, 0.1) is 5.92 Å². The number of carbonyl (C=O) groups is 2. The molecular weight excluding hydrogens is 248 g/mol. The third-order valence-corrected chi connectivity index (χ3v) is 2.17. The van der Waals surface area contributed by atoms with Crippen molar-refractivity contribution in [1.82, 2.24) is 4.90 Å². The van der Waals surface area contributed by atoms with E-state index in [9.17, 15) is 9.59 Å². The van der Waals surface area contributed by atoms with Crippen molar-refractivity contribution in [2.24, 2.45) is 10.9 Å². The lowest BCUT2D eigenvalue weighted by Crippen LogP contribution is -2.28. The quantitative estimate of drug-likeness (QED) is 0.145. The molecule has 0 fully saturated rings. The summed E-state index contributed by atoms with van der Waals surface area (Å²) in [7, 11) is 3.50. The van der Waals surface area contributed by atoms with E-state index in [1.54, 1.807) is 20.3 Å². The molecule has 0 aromatic carbocycles. The molecule has 0 aliphatic heterocycles. The first-order valence-electron chi connectivity index (χ1n) is 5.99. The number of rotatable bonds is 10. The smallest absolute Gasteiger partial charge is 0.333 e. The van der Waals surface area contributed by atoms with E-state index in [-0.39, 0.29) is 25.7 Å². The van der Waals surface area contributed by atoms with E-state index in [1.807, 2.05) is 11.9 Å². The number of ether oxygens (including phenoxy) is 2. The summed E-state index contributed by atoms with van der Waals surface area (Å²) < 4.78 is 10.1. The molecule has 0 saturated heterocycles. The zero-order valence-corrected chi connectivity index (χ0v) is 11.8. The second kappa shape index (κ2) is 10.3. The molecule has 0 N–H and O–H groups in total.